The number of amides is 1. The fraction of sp³-hybridized carbons (Fsp3) is 0.412. The molecule has 3 rings (SSSR count). The molecule has 0 radical (unpaired) electrons. The van der Waals surface area contributed by atoms with E-state index < -0.39 is 18.2 Å². The minimum Gasteiger partial charge on any atom is -0.481 e. The van der Waals surface area contributed by atoms with Gasteiger partial charge in [-0.15, -0.1) is 13.2 Å². The molecule has 0 aliphatic carbocycles. The van der Waals surface area contributed by atoms with Crippen molar-refractivity contribution in [2.75, 3.05) is 13.1 Å². The molecular formula is C17H17F3N2O4. The Morgan fingerprint density at radius 3 is 2.65 bits per heavy atom. The van der Waals surface area contributed by atoms with Crippen LogP contribution < -0.4 is 4.74 Å². The molecule has 1 fully saturated rings. The van der Waals surface area contributed by atoms with E-state index in [4.69, 9.17) is 0 Å². The number of likely N-dealkylation sites (tertiary alicyclic amines) is 1. The van der Waals surface area contributed by atoms with Crippen LogP contribution in [0.15, 0.2) is 24.3 Å². The van der Waals surface area contributed by atoms with Gasteiger partial charge in [0.15, 0.2) is 0 Å². The summed E-state index contributed by atoms with van der Waals surface area (Å²) in [4.78, 5) is 28.2. The maximum absolute atomic E-state index is 12.7. The SMILES string of the molecule is CC1CC(C(=O)O)CN(C(=O)c2cc3ccc(OC(F)(F)F)cc3[nH]2)C1. The molecule has 1 aromatic carbocycles. The zero-order chi connectivity index (χ0) is 19.1. The second-order valence-electron chi connectivity index (χ2n) is 6.57. The lowest BCUT2D eigenvalue weighted by Gasteiger charge is -2.34. The molecular weight excluding hydrogens is 353 g/mol. The monoisotopic (exact) mass is 370 g/mol. The summed E-state index contributed by atoms with van der Waals surface area (Å²) in [6, 6.07) is 5.28. The van der Waals surface area contributed by atoms with E-state index in [1.807, 2.05) is 6.92 Å². The van der Waals surface area contributed by atoms with E-state index in [9.17, 15) is 27.9 Å². The van der Waals surface area contributed by atoms with E-state index in [2.05, 4.69) is 9.72 Å². The Hall–Kier alpha value is -2.71. The predicted octanol–water partition coefficient (Wildman–Crippen LogP) is 3.25. The maximum Gasteiger partial charge on any atom is 0.573 e. The van der Waals surface area contributed by atoms with Gasteiger partial charge in [-0.2, -0.15) is 0 Å². The number of halogens is 3. The van der Waals surface area contributed by atoms with Crippen molar-refractivity contribution < 1.29 is 32.6 Å². The van der Waals surface area contributed by atoms with Gasteiger partial charge >= 0.3 is 12.3 Å². The molecule has 1 amide bonds. The molecule has 140 valence electrons. The minimum absolute atomic E-state index is 0.0463. The number of ether oxygens (including phenoxy) is 1. The van der Waals surface area contributed by atoms with Crippen LogP contribution in [-0.4, -0.2) is 46.3 Å². The van der Waals surface area contributed by atoms with Gasteiger partial charge in [-0.25, -0.2) is 0 Å². The topological polar surface area (TPSA) is 82.6 Å². The predicted molar refractivity (Wildman–Crippen MR) is 85.8 cm³/mol. The van der Waals surface area contributed by atoms with Gasteiger partial charge in [0, 0.05) is 30.1 Å². The summed E-state index contributed by atoms with van der Waals surface area (Å²) in [5.41, 5.74) is 0.525. The number of carboxylic acids is 1. The number of rotatable bonds is 3. The standard InChI is InChI=1S/C17H17F3N2O4/c1-9-4-11(16(24)25)8-22(7-9)15(23)14-5-10-2-3-12(6-13(10)21-14)26-17(18,19)20/h2-3,5-6,9,11,21H,4,7-8H2,1H3,(H,24,25). The number of carbonyl (C=O) groups excluding carboxylic acids is 1. The Morgan fingerprint density at radius 2 is 2.00 bits per heavy atom. The number of hydrogen-bond donors (Lipinski definition) is 2. The average molecular weight is 370 g/mol. The first-order chi connectivity index (χ1) is 12.1. The fourth-order valence-corrected chi connectivity index (χ4v) is 3.29. The Kier molecular flexibility index (Phi) is 4.55. The summed E-state index contributed by atoms with van der Waals surface area (Å²) in [6.45, 7) is 2.41. The molecule has 2 N–H and O–H groups in total. The Morgan fingerprint density at radius 1 is 1.27 bits per heavy atom. The normalized spacial score (nSPS) is 21.0. The minimum atomic E-state index is -4.80. The number of carboxylic acid groups (broad SMARTS) is 1. The van der Waals surface area contributed by atoms with Gasteiger partial charge < -0.3 is 19.7 Å². The number of carbonyl (C=O) groups is 2. The number of hydrogen-bond acceptors (Lipinski definition) is 3. The highest BCUT2D eigenvalue weighted by Crippen LogP contribution is 2.28. The molecule has 1 aliphatic rings. The second-order valence-corrected chi connectivity index (χ2v) is 6.57. The summed E-state index contributed by atoms with van der Waals surface area (Å²) >= 11 is 0. The highest BCUT2D eigenvalue weighted by molar-refractivity contribution is 5.98. The fourth-order valence-electron chi connectivity index (χ4n) is 3.29. The van der Waals surface area contributed by atoms with Crippen LogP contribution in [0, 0.1) is 11.8 Å². The number of nitrogens with one attached hydrogen (secondary N) is 1. The van der Waals surface area contributed by atoms with Gasteiger partial charge in [-0.1, -0.05) is 6.92 Å². The second kappa shape index (κ2) is 6.54. The summed E-state index contributed by atoms with van der Waals surface area (Å²) in [7, 11) is 0. The number of piperidine rings is 1. The first-order valence-electron chi connectivity index (χ1n) is 8.03. The number of aromatic nitrogens is 1. The number of fused-ring (bicyclic) bond motifs is 1. The van der Waals surface area contributed by atoms with Crippen molar-refractivity contribution in [3.05, 3.63) is 30.0 Å². The third-order valence-corrected chi connectivity index (χ3v) is 4.35. The molecule has 0 bridgehead atoms. The van der Waals surface area contributed by atoms with Crippen LogP contribution in [0.3, 0.4) is 0 Å². The van der Waals surface area contributed by atoms with Crippen molar-refractivity contribution in [3.63, 3.8) is 0 Å². The molecule has 1 aliphatic heterocycles. The van der Waals surface area contributed by atoms with Crippen molar-refractivity contribution in [1.82, 2.24) is 9.88 Å². The number of H-pyrrole nitrogens is 1. The smallest absolute Gasteiger partial charge is 0.481 e. The summed E-state index contributed by atoms with van der Waals surface area (Å²) in [6.07, 6.45) is -4.29. The van der Waals surface area contributed by atoms with E-state index in [0.29, 0.717) is 23.9 Å². The van der Waals surface area contributed by atoms with E-state index in [1.165, 1.54) is 29.2 Å². The maximum atomic E-state index is 12.7. The lowest BCUT2D eigenvalue weighted by molar-refractivity contribution is -0.274. The van der Waals surface area contributed by atoms with E-state index in [1.54, 1.807) is 0 Å². The molecule has 0 saturated carbocycles. The van der Waals surface area contributed by atoms with Crippen LogP contribution in [0.25, 0.3) is 10.9 Å². The van der Waals surface area contributed by atoms with Gasteiger partial charge in [-0.05, 0) is 30.5 Å². The quantitative estimate of drug-likeness (QED) is 0.869. The summed E-state index contributed by atoms with van der Waals surface area (Å²) < 4.78 is 40.8. The van der Waals surface area contributed by atoms with Crippen molar-refractivity contribution in [2.45, 2.75) is 19.7 Å². The number of alkyl halides is 3. The molecule has 6 nitrogen and oxygen atoms in total. The third kappa shape index (κ3) is 3.92. The van der Waals surface area contributed by atoms with Gasteiger partial charge in [-0.3, -0.25) is 9.59 Å². The van der Waals surface area contributed by atoms with Crippen LogP contribution in [0.1, 0.15) is 23.8 Å². The molecule has 2 unspecified atom stereocenters. The number of aromatic amines is 1. The van der Waals surface area contributed by atoms with Gasteiger partial charge in [0.1, 0.15) is 11.4 Å². The van der Waals surface area contributed by atoms with Crippen LogP contribution >= 0.6 is 0 Å². The number of aliphatic carboxylic acids is 1. The van der Waals surface area contributed by atoms with Crippen LogP contribution in [0.2, 0.25) is 0 Å². The largest absolute Gasteiger partial charge is 0.573 e. The average Bonchev–Trinajstić information content (AvgIpc) is 2.95. The van der Waals surface area contributed by atoms with Crippen LogP contribution in [0.4, 0.5) is 13.2 Å². The van der Waals surface area contributed by atoms with Crippen molar-refractivity contribution >= 4 is 22.8 Å². The summed E-state index contributed by atoms with van der Waals surface area (Å²) in [5.74, 6) is -2.29. The molecule has 2 heterocycles. The third-order valence-electron chi connectivity index (χ3n) is 4.35. The van der Waals surface area contributed by atoms with E-state index in [-0.39, 0.29) is 29.8 Å². The van der Waals surface area contributed by atoms with Gasteiger partial charge in [0.25, 0.3) is 5.91 Å². The van der Waals surface area contributed by atoms with Crippen LogP contribution in [-0.2, 0) is 4.79 Å². The lowest BCUT2D eigenvalue weighted by Crippen LogP contribution is -2.45. The highest BCUT2D eigenvalue weighted by Gasteiger charge is 2.33. The number of nitrogens with zero attached hydrogens (tertiary/aromatic N) is 1. The Labute approximate surface area is 146 Å². The van der Waals surface area contributed by atoms with Crippen molar-refractivity contribution in [1.29, 1.82) is 0 Å². The first-order valence-corrected chi connectivity index (χ1v) is 8.03. The first kappa shape index (κ1) is 18.1. The summed E-state index contributed by atoms with van der Waals surface area (Å²) in [5, 5.41) is 9.77. The van der Waals surface area contributed by atoms with Gasteiger partial charge in [0.2, 0.25) is 0 Å². The number of benzene rings is 1. The zero-order valence-corrected chi connectivity index (χ0v) is 13.8. The Bertz CT molecular complexity index is 846. The zero-order valence-electron chi connectivity index (χ0n) is 13.8. The van der Waals surface area contributed by atoms with Gasteiger partial charge in [0.05, 0.1) is 5.92 Å². The molecule has 2 aromatic rings. The van der Waals surface area contributed by atoms with E-state index >= 15 is 0 Å². The van der Waals surface area contributed by atoms with Crippen molar-refractivity contribution in [3.8, 4) is 5.75 Å². The Balaban J connectivity index is 1.83. The molecule has 26 heavy (non-hydrogen) atoms. The highest BCUT2D eigenvalue weighted by atomic mass is 19.4. The molecule has 1 aromatic heterocycles. The molecule has 0 spiro atoms. The van der Waals surface area contributed by atoms with Crippen LogP contribution in [0.5, 0.6) is 5.75 Å². The van der Waals surface area contributed by atoms with E-state index in [0.717, 1.165) is 0 Å². The molecule has 9 heteroatoms. The lowest BCUT2D eigenvalue weighted by atomic mass is 9.90. The molecule has 2 atom stereocenters. The van der Waals surface area contributed by atoms with Crippen molar-refractivity contribution in [2.24, 2.45) is 11.8 Å². The molecule has 1 saturated heterocycles.